The first-order chi connectivity index (χ1) is 8.83. The number of nitrogens with zero attached hydrogens (tertiary/aromatic N) is 1. The van der Waals surface area contributed by atoms with Crippen LogP contribution in [0.15, 0.2) is 0 Å². The molecule has 0 aromatic heterocycles. The van der Waals surface area contributed by atoms with E-state index < -0.39 is 15.9 Å². The third-order valence-electron chi connectivity index (χ3n) is 3.97. The van der Waals surface area contributed by atoms with Crippen LogP contribution in [-0.4, -0.2) is 54.7 Å². The van der Waals surface area contributed by atoms with E-state index in [1.54, 1.807) is 20.8 Å². The van der Waals surface area contributed by atoms with Gasteiger partial charge in [0.25, 0.3) is 0 Å². The van der Waals surface area contributed by atoms with Crippen molar-refractivity contribution >= 4 is 9.84 Å². The molecular formula is C14H29NO3S. The molecule has 1 rings (SSSR count). The van der Waals surface area contributed by atoms with Crippen LogP contribution >= 0.6 is 0 Å². The number of sulfone groups is 1. The Morgan fingerprint density at radius 2 is 1.74 bits per heavy atom. The summed E-state index contributed by atoms with van der Waals surface area (Å²) in [4.78, 5) is 2.18. The summed E-state index contributed by atoms with van der Waals surface area (Å²) < 4.78 is 23.8. The molecule has 0 saturated heterocycles. The Balaban J connectivity index is 2.59. The Hall–Kier alpha value is -0.130. The highest BCUT2D eigenvalue weighted by Gasteiger charge is 2.24. The van der Waals surface area contributed by atoms with Crippen LogP contribution in [0.4, 0.5) is 0 Å². The average Bonchev–Trinajstić information content (AvgIpc) is 2.35. The highest BCUT2D eigenvalue weighted by molar-refractivity contribution is 7.92. The third-order valence-corrected chi connectivity index (χ3v) is 6.16. The van der Waals surface area contributed by atoms with Gasteiger partial charge in [-0.3, -0.25) is 4.90 Å². The van der Waals surface area contributed by atoms with E-state index in [0.717, 1.165) is 12.8 Å². The van der Waals surface area contributed by atoms with E-state index in [9.17, 15) is 13.5 Å². The van der Waals surface area contributed by atoms with Crippen molar-refractivity contribution in [1.29, 1.82) is 0 Å². The fourth-order valence-electron chi connectivity index (χ4n) is 2.69. The molecule has 114 valence electrons. The van der Waals surface area contributed by atoms with Gasteiger partial charge >= 0.3 is 0 Å². The topological polar surface area (TPSA) is 57.6 Å². The molecule has 0 amide bonds. The monoisotopic (exact) mass is 291 g/mol. The predicted octanol–water partition coefficient (Wildman–Crippen LogP) is 1.83. The molecule has 0 aromatic rings. The van der Waals surface area contributed by atoms with E-state index in [1.165, 1.54) is 19.3 Å². The minimum Gasteiger partial charge on any atom is -0.392 e. The lowest BCUT2D eigenvalue weighted by molar-refractivity contribution is 0.0871. The standard InChI is InChI=1S/C14H29NO3S/c1-12(2)19(17,18)10-9-15(11-13(3)16)14-7-5-4-6-8-14/h12-14,16H,4-11H2,1-3H3. The molecule has 0 bridgehead atoms. The van der Waals surface area contributed by atoms with Gasteiger partial charge < -0.3 is 5.11 Å². The van der Waals surface area contributed by atoms with Gasteiger partial charge in [0.15, 0.2) is 9.84 Å². The molecule has 0 aliphatic heterocycles. The van der Waals surface area contributed by atoms with E-state index in [-0.39, 0.29) is 11.0 Å². The van der Waals surface area contributed by atoms with E-state index >= 15 is 0 Å². The Morgan fingerprint density at radius 3 is 2.21 bits per heavy atom. The van der Waals surface area contributed by atoms with Crippen molar-refractivity contribution in [2.75, 3.05) is 18.8 Å². The summed E-state index contributed by atoms with van der Waals surface area (Å²) in [6.07, 6.45) is 5.59. The van der Waals surface area contributed by atoms with Gasteiger partial charge in [-0.25, -0.2) is 8.42 Å². The summed E-state index contributed by atoms with van der Waals surface area (Å²) in [6.45, 7) is 6.37. The number of aliphatic hydroxyl groups excluding tert-OH is 1. The van der Waals surface area contributed by atoms with E-state index in [0.29, 0.717) is 19.1 Å². The highest BCUT2D eigenvalue weighted by atomic mass is 32.2. The van der Waals surface area contributed by atoms with Crippen LogP contribution in [0, 0.1) is 0 Å². The normalized spacial score (nSPS) is 20.1. The molecule has 1 aliphatic carbocycles. The fraction of sp³-hybridized carbons (Fsp3) is 1.00. The molecule has 1 N–H and O–H groups in total. The van der Waals surface area contributed by atoms with Gasteiger partial charge in [-0.15, -0.1) is 0 Å². The maximum absolute atomic E-state index is 11.9. The molecule has 1 atom stereocenters. The summed E-state index contributed by atoms with van der Waals surface area (Å²) in [5.41, 5.74) is 0. The number of aliphatic hydroxyl groups is 1. The zero-order valence-electron chi connectivity index (χ0n) is 12.5. The van der Waals surface area contributed by atoms with E-state index in [4.69, 9.17) is 0 Å². The Bertz CT molecular complexity index is 346. The van der Waals surface area contributed by atoms with E-state index in [2.05, 4.69) is 4.90 Å². The summed E-state index contributed by atoms with van der Waals surface area (Å²) in [5.74, 6) is 0.202. The highest BCUT2D eigenvalue weighted by Crippen LogP contribution is 2.23. The van der Waals surface area contributed by atoms with Gasteiger partial charge in [-0.05, 0) is 33.6 Å². The van der Waals surface area contributed by atoms with Crippen molar-refractivity contribution in [3.05, 3.63) is 0 Å². The molecule has 0 aromatic carbocycles. The first-order valence-corrected chi connectivity index (χ1v) is 9.18. The summed E-state index contributed by atoms with van der Waals surface area (Å²) in [6, 6.07) is 0.450. The summed E-state index contributed by atoms with van der Waals surface area (Å²) in [5, 5.41) is 9.29. The molecule has 19 heavy (non-hydrogen) atoms. The van der Waals surface area contributed by atoms with Crippen molar-refractivity contribution in [1.82, 2.24) is 4.90 Å². The molecule has 1 fully saturated rings. The van der Waals surface area contributed by atoms with Crippen LogP contribution in [0.2, 0.25) is 0 Å². The average molecular weight is 291 g/mol. The fourth-order valence-corrected chi connectivity index (χ4v) is 3.65. The molecule has 1 unspecified atom stereocenters. The SMILES string of the molecule is CC(O)CN(CCS(=O)(=O)C(C)C)C1CCCCC1. The maximum Gasteiger partial charge on any atom is 0.153 e. The largest absolute Gasteiger partial charge is 0.392 e. The van der Waals surface area contributed by atoms with Gasteiger partial charge in [0.05, 0.1) is 17.1 Å². The Morgan fingerprint density at radius 1 is 1.16 bits per heavy atom. The summed E-state index contributed by atoms with van der Waals surface area (Å²) >= 11 is 0. The van der Waals surface area contributed by atoms with Crippen molar-refractivity contribution in [2.24, 2.45) is 0 Å². The van der Waals surface area contributed by atoms with Crippen LogP contribution in [0.1, 0.15) is 52.9 Å². The van der Waals surface area contributed by atoms with Crippen molar-refractivity contribution in [3.63, 3.8) is 0 Å². The molecular weight excluding hydrogens is 262 g/mol. The van der Waals surface area contributed by atoms with Crippen LogP contribution in [0.3, 0.4) is 0 Å². The molecule has 0 spiro atoms. The predicted molar refractivity (Wildman–Crippen MR) is 79.0 cm³/mol. The lowest BCUT2D eigenvalue weighted by atomic mass is 9.94. The van der Waals surface area contributed by atoms with Gasteiger partial charge in [0, 0.05) is 19.1 Å². The summed E-state index contributed by atoms with van der Waals surface area (Å²) in [7, 11) is -2.99. The Kier molecular flexibility index (Phi) is 6.77. The first kappa shape index (κ1) is 16.9. The van der Waals surface area contributed by atoms with Crippen LogP contribution in [0.25, 0.3) is 0 Å². The van der Waals surface area contributed by atoms with E-state index in [1.807, 2.05) is 0 Å². The second kappa shape index (κ2) is 7.60. The van der Waals surface area contributed by atoms with Crippen molar-refractivity contribution < 1.29 is 13.5 Å². The molecule has 1 saturated carbocycles. The number of hydrogen-bond acceptors (Lipinski definition) is 4. The molecule has 0 heterocycles. The molecule has 1 aliphatic rings. The second-order valence-corrected chi connectivity index (χ2v) is 8.73. The molecule has 0 radical (unpaired) electrons. The number of hydrogen-bond donors (Lipinski definition) is 1. The lowest BCUT2D eigenvalue weighted by Crippen LogP contribution is -2.43. The minimum absolute atomic E-state index is 0.202. The van der Waals surface area contributed by atoms with Gasteiger partial charge in [-0.2, -0.15) is 0 Å². The van der Waals surface area contributed by atoms with Gasteiger partial charge in [0.2, 0.25) is 0 Å². The lowest BCUT2D eigenvalue weighted by Gasteiger charge is -2.35. The van der Waals surface area contributed by atoms with Crippen molar-refractivity contribution in [3.8, 4) is 0 Å². The van der Waals surface area contributed by atoms with Gasteiger partial charge in [-0.1, -0.05) is 19.3 Å². The second-order valence-electron chi connectivity index (χ2n) is 6.05. The zero-order chi connectivity index (χ0) is 14.5. The van der Waals surface area contributed by atoms with Crippen LogP contribution < -0.4 is 0 Å². The molecule has 4 nitrogen and oxygen atoms in total. The number of rotatable bonds is 7. The minimum atomic E-state index is -2.99. The van der Waals surface area contributed by atoms with Crippen LogP contribution in [-0.2, 0) is 9.84 Å². The molecule has 5 heteroatoms. The first-order valence-electron chi connectivity index (χ1n) is 7.46. The maximum atomic E-state index is 11.9. The third kappa shape index (κ3) is 5.79. The smallest absolute Gasteiger partial charge is 0.153 e. The van der Waals surface area contributed by atoms with Crippen LogP contribution in [0.5, 0.6) is 0 Å². The van der Waals surface area contributed by atoms with Gasteiger partial charge in [0.1, 0.15) is 0 Å². The Labute approximate surface area is 118 Å². The quantitative estimate of drug-likeness (QED) is 0.777. The zero-order valence-corrected chi connectivity index (χ0v) is 13.3. The van der Waals surface area contributed by atoms with Crippen molar-refractivity contribution in [2.45, 2.75) is 70.3 Å².